The molecule has 1 unspecified atom stereocenters. The standard InChI is InChI=1S/C25H33N3O2/c1-17(2)24(29)27-21-10-11-23(28-14-12-18(3)13-15-28)22(16-21)25(30)26-19(4)20-8-6-5-7-9-20/h5-11,16-19H,12-15H2,1-4H3,(H,26,30)(H,27,29). The molecule has 0 aromatic heterocycles. The molecular formula is C25H33N3O2. The van der Waals surface area contributed by atoms with Crippen molar-refractivity contribution in [3.05, 3.63) is 59.7 Å². The van der Waals surface area contributed by atoms with Crippen LogP contribution in [-0.2, 0) is 4.79 Å². The number of hydrogen-bond acceptors (Lipinski definition) is 3. The van der Waals surface area contributed by atoms with E-state index in [9.17, 15) is 9.59 Å². The normalized spacial score (nSPS) is 15.7. The molecule has 0 saturated carbocycles. The molecule has 160 valence electrons. The monoisotopic (exact) mass is 407 g/mol. The van der Waals surface area contributed by atoms with Crippen molar-refractivity contribution in [2.24, 2.45) is 11.8 Å². The van der Waals surface area contributed by atoms with Crippen molar-refractivity contribution >= 4 is 23.2 Å². The lowest BCUT2D eigenvalue weighted by molar-refractivity contribution is -0.118. The number of nitrogens with zero attached hydrogens (tertiary/aromatic N) is 1. The molecule has 3 rings (SSSR count). The van der Waals surface area contributed by atoms with Crippen molar-refractivity contribution in [1.82, 2.24) is 5.32 Å². The third-order valence-corrected chi connectivity index (χ3v) is 5.80. The molecule has 2 N–H and O–H groups in total. The van der Waals surface area contributed by atoms with Crippen LogP contribution in [0.1, 0.15) is 62.5 Å². The van der Waals surface area contributed by atoms with Gasteiger partial charge < -0.3 is 15.5 Å². The molecule has 1 saturated heterocycles. The molecular weight excluding hydrogens is 374 g/mol. The van der Waals surface area contributed by atoms with E-state index < -0.39 is 0 Å². The summed E-state index contributed by atoms with van der Waals surface area (Å²) in [7, 11) is 0. The molecule has 5 nitrogen and oxygen atoms in total. The smallest absolute Gasteiger partial charge is 0.253 e. The van der Waals surface area contributed by atoms with Gasteiger partial charge in [0.15, 0.2) is 0 Å². The van der Waals surface area contributed by atoms with Crippen LogP contribution in [0.5, 0.6) is 0 Å². The van der Waals surface area contributed by atoms with E-state index in [2.05, 4.69) is 22.5 Å². The van der Waals surface area contributed by atoms with Crippen molar-refractivity contribution in [1.29, 1.82) is 0 Å². The lowest BCUT2D eigenvalue weighted by atomic mass is 9.97. The maximum absolute atomic E-state index is 13.3. The molecule has 1 heterocycles. The summed E-state index contributed by atoms with van der Waals surface area (Å²) in [6.07, 6.45) is 2.24. The van der Waals surface area contributed by atoms with E-state index in [-0.39, 0.29) is 23.8 Å². The summed E-state index contributed by atoms with van der Waals surface area (Å²) >= 11 is 0. The molecule has 2 aromatic rings. The molecule has 1 fully saturated rings. The fourth-order valence-corrected chi connectivity index (χ4v) is 3.71. The number of carbonyl (C=O) groups excluding carboxylic acids is 2. The average Bonchev–Trinajstić information content (AvgIpc) is 2.75. The van der Waals surface area contributed by atoms with Crippen molar-refractivity contribution in [3.63, 3.8) is 0 Å². The molecule has 2 amide bonds. The molecule has 1 aliphatic rings. The zero-order valence-corrected chi connectivity index (χ0v) is 18.4. The number of hydrogen-bond donors (Lipinski definition) is 2. The first kappa shape index (κ1) is 21.9. The Morgan fingerprint density at radius 3 is 2.30 bits per heavy atom. The maximum Gasteiger partial charge on any atom is 0.253 e. The van der Waals surface area contributed by atoms with E-state index >= 15 is 0 Å². The fraction of sp³-hybridized carbons (Fsp3) is 0.440. The van der Waals surface area contributed by atoms with Crippen LogP contribution in [0.15, 0.2) is 48.5 Å². The lowest BCUT2D eigenvalue weighted by Gasteiger charge is -2.33. The number of piperidine rings is 1. The summed E-state index contributed by atoms with van der Waals surface area (Å²) in [5.41, 5.74) is 3.25. The summed E-state index contributed by atoms with van der Waals surface area (Å²) < 4.78 is 0. The predicted molar refractivity (Wildman–Crippen MR) is 123 cm³/mol. The third-order valence-electron chi connectivity index (χ3n) is 5.80. The van der Waals surface area contributed by atoms with Crippen LogP contribution >= 0.6 is 0 Å². The number of amides is 2. The summed E-state index contributed by atoms with van der Waals surface area (Å²) in [6.45, 7) is 9.85. The number of anilines is 2. The summed E-state index contributed by atoms with van der Waals surface area (Å²) in [5.74, 6) is 0.407. The SMILES string of the molecule is CC1CCN(c2ccc(NC(=O)C(C)C)cc2C(=O)NC(C)c2ccccc2)CC1. The van der Waals surface area contributed by atoms with Crippen molar-refractivity contribution in [3.8, 4) is 0 Å². The van der Waals surface area contributed by atoms with Crippen LogP contribution in [0.25, 0.3) is 0 Å². The minimum Gasteiger partial charge on any atom is -0.371 e. The van der Waals surface area contributed by atoms with Gasteiger partial charge in [0.25, 0.3) is 5.91 Å². The Bertz CT molecular complexity index is 871. The Hall–Kier alpha value is -2.82. The lowest BCUT2D eigenvalue weighted by Crippen LogP contribution is -2.35. The molecule has 0 radical (unpaired) electrons. The van der Waals surface area contributed by atoms with E-state index in [1.54, 1.807) is 6.07 Å². The van der Waals surface area contributed by atoms with Crippen LogP contribution in [0.2, 0.25) is 0 Å². The highest BCUT2D eigenvalue weighted by Crippen LogP contribution is 2.29. The summed E-state index contributed by atoms with van der Waals surface area (Å²) in [5, 5.41) is 6.05. The average molecular weight is 408 g/mol. The van der Waals surface area contributed by atoms with Gasteiger partial charge in [-0.1, -0.05) is 51.1 Å². The van der Waals surface area contributed by atoms with Crippen molar-refractivity contribution < 1.29 is 9.59 Å². The van der Waals surface area contributed by atoms with E-state index in [0.29, 0.717) is 17.2 Å². The Balaban J connectivity index is 1.87. The first-order chi connectivity index (χ1) is 14.3. The largest absolute Gasteiger partial charge is 0.371 e. The second-order valence-corrected chi connectivity index (χ2v) is 8.65. The molecule has 0 spiro atoms. The van der Waals surface area contributed by atoms with Crippen LogP contribution in [0, 0.1) is 11.8 Å². The van der Waals surface area contributed by atoms with Gasteiger partial charge in [0, 0.05) is 30.4 Å². The Kier molecular flexibility index (Phi) is 7.14. The van der Waals surface area contributed by atoms with E-state index in [1.807, 2.05) is 63.2 Å². The molecule has 30 heavy (non-hydrogen) atoms. The Labute approximate surface area is 179 Å². The van der Waals surface area contributed by atoms with Gasteiger partial charge >= 0.3 is 0 Å². The fourth-order valence-electron chi connectivity index (χ4n) is 3.71. The van der Waals surface area contributed by atoms with Gasteiger partial charge in [-0.2, -0.15) is 0 Å². The van der Waals surface area contributed by atoms with Crippen molar-refractivity contribution in [2.75, 3.05) is 23.3 Å². The van der Waals surface area contributed by atoms with E-state index in [1.165, 1.54) is 0 Å². The minimum atomic E-state index is -0.124. The highest BCUT2D eigenvalue weighted by molar-refractivity contribution is 6.02. The minimum absolute atomic E-state index is 0.0569. The van der Waals surface area contributed by atoms with Gasteiger partial charge in [-0.15, -0.1) is 0 Å². The van der Waals surface area contributed by atoms with Gasteiger partial charge in [0.05, 0.1) is 11.6 Å². The Morgan fingerprint density at radius 1 is 1.00 bits per heavy atom. The molecule has 2 aromatic carbocycles. The predicted octanol–water partition coefficient (Wildman–Crippen LogP) is 5.01. The highest BCUT2D eigenvalue weighted by Gasteiger charge is 2.23. The number of benzene rings is 2. The third kappa shape index (κ3) is 5.41. The van der Waals surface area contributed by atoms with Gasteiger partial charge in [-0.25, -0.2) is 0 Å². The maximum atomic E-state index is 13.3. The van der Waals surface area contributed by atoms with Crippen LogP contribution < -0.4 is 15.5 Å². The van der Waals surface area contributed by atoms with Gasteiger partial charge in [0.1, 0.15) is 0 Å². The summed E-state index contributed by atoms with van der Waals surface area (Å²) in [4.78, 5) is 27.7. The second kappa shape index (κ2) is 9.79. The quantitative estimate of drug-likeness (QED) is 0.708. The van der Waals surface area contributed by atoms with Crippen molar-refractivity contribution in [2.45, 2.75) is 46.6 Å². The topological polar surface area (TPSA) is 61.4 Å². The van der Waals surface area contributed by atoms with Crippen LogP contribution in [0.3, 0.4) is 0 Å². The van der Waals surface area contributed by atoms with Crippen LogP contribution in [0.4, 0.5) is 11.4 Å². The molecule has 1 atom stereocenters. The zero-order valence-electron chi connectivity index (χ0n) is 18.4. The Morgan fingerprint density at radius 2 is 1.67 bits per heavy atom. The van der Waals surface area contributed by atoms with Gasteiger partial charge in [0.2, 0.25) is 5.91 Å². The van der Waals surface area contributed by atoms with Gasteiger partial charge in [-0.05, 0) is 49.4 Å². The molecule has 1 aliphatic heterocycles. The van der Waals surface area contributed by atoms with E-state index in [4.69, 9.17) is 0 Å². The van der Waals surface area contributed by atoms with Gasteiger partial charge in [-0.3, -0.25) is 9.59 Å². The molecule has 0 aliphatic carbocycles. The zero-order chi connectivity index (χ0) is 21.7. The second-order valence-electron chi connectivity index (χ2n) is 8.65. The van der Waals surface area contributed by atoms with E-state index in [0.717, 1.165) is 37.2 Å². The van der Waals surface area contributed by atoms with Crippen LogP contribution in [-0.4, -0.2) is 24.9 Å². The first-order valence-electron chi connectivity index (χ1n) is 10.9. The first-order valence-corrected chi connectivity index (χ1v) is 10.9. The number of nitrogens with one attached hydrogen (secondary N) is 2. The highest BCUT2D eigenvalue weighted by atomic mass is 16.2. The number of rotatable bonds is 6. The number of carbonyl (C=O) groups is 2. The molecule has 0 bridgehead atoms. The molecule has 5 heteroatoms. The summed E-state index contributed by atoms with van der Waals surface area (Å²) in [6, 6.07) is 15.5.